The Labute approximate surface area is 168 Å². The van der Waals surface area contributed by atoms with E-state index >= 15 is 0 Å². The summed E-state index contributed by atoms with van der Waals surface area (Å²) in [5, 5.41) is 6.65. The fourth-order valence-corrected chi connectivity index (χ4v) is 4.90. The predicted octanol–water partition coefficient (Wildman–Crippen LogP) is 3.96. The lowest BCUT2D eigenvalue weighted by Gasteiger charge is -2.30. The van der Waals surface area contributed by atoms with Crippen LogP contribution in [0, 0.1) is 5.92 Å². The summed E-state index contributed by atoms with van der Waals surface area (Å²) in [6.45, 7) is 0.340. The minimum atomic E-state index is -0.242. The van der Waals surface area contributed by atoms with Crippen molar-refractivity contribution in [3.8, 4) is 11.1 Å². The molecule has 7 heteroatoms. The molecule has 1 aliphatic carbocycles. The third-order valence-corrected chi connectivity index (χ3v) is 6.16. The number of hydrogen-bond acceptors (Lipinski definition) is 6. The van der Waals surface area contributed by atoms with Gasteiger partial charge in [-0.05, 0) is 18.4 Å². The Hall–Kier alpha value is -2.51. The normalized spacial score (nSPS) is 19.6. The van der Waals surface area contributed by atoms with Crippen LogP contribution in [0.5, 0.6) is 0 Å². The van der Waals surface area contributed by atoms with Gasteiger partial charge in [0.15, 0.2) is 5.82 Å². The van der Waals surface area contributed by atoms with Crippen LogP contribution < -0.4 is 11.1 Å². The van der Waals surface area contributed by atoms with Crippen LogP contribution in [0.25, 0.3) is 21.3 Å². The number of nitrogens with one attached hydrogen (secondary N) is 1. The molecule has 0 saturated heterocycles. The molecule has 0 bridgehead atoms. The summed E-state index contributed by atoms with van der Waals surface area (Å²) >= 11 is 1.59. The lowest BCUT2D eigenvalue weighted by Crippen LogP contribution is -2.40. The van der Waals surface area contributed by atoms with Crippen molar-refractivity contribution >= 4 is 33.3 Å². The fraction of sp³-hybridized carbons (Fsp3) is 0.381. The summed E-state index contributed by atoms with van der Waals surface area (Å²) in [4.78, 5) is 22.3. The van der Waals surface area contributed by atoms with E-state index in [1.165, 1.54) is 0 Å². The van der Waals surface area contributed by atoms with E-state index in [1.54, 1.807) is 18.4 Å². The van der Waals surface area contributed by atoms with Gasteiger partial charge in [0.2, 0.25) is 5.91 Å². The Bertz CT molecular complexity index is 973. The Balaban J connectivity index is 1.80. The molecule has 4 rings (SSSR count). The Morgan fingerprint density at radius 3 is 2.79 bits per heavy atom. The average molecular weight is 397 g/mol. The highest BCUT2D eigenvalue weighted by atomic mass is 32.1. The third-order valence-electron chi connectivity index (χ3n) is 5.29. The number of rotatable bonds is 6. The Morgan fingerprint density at radius 2 is 2.04 bits per heavy atom. The number of nitrogens with zero attached hydrogens (tertiary/aromatic N) is 2. The first-order chi connectivity index (χ1) is 13.7. The van der Waals surface area contributed by atoms with Crippen molar-refractivity contribution in [2.75, 3.05) is 12.4 Å². The number of thiophene rings is 1. The molecule has 1 fully saturated rings. The first-order valence-corrected chi connectivity index (χ1v) is 10.4. The average Bonchev–Trinajstić information content (AvgIpc) is 3.13. The van der Waals surface area contributed by atoms with Gasteiger partial charge in [-0.3, -0.25) is 4.79 Å². The van der Waals surface area contributed by atoms with E-state index in [9.17, 15) is 4.79 Å². The molecule has 1 amide bonds. The van der Waals surface area contributed by atoms with Gasteiger partial charge in [0.05, 0.1) is 11.3 Å². The summed E-state index contributed by atoms with van der Waals surface area (Å²) in [5.41, 5.74) is 7.89. The molecule has 0 spiro atoms. The van der Waals surface area contributed by atoms with E-state index in [0.29, 0.717) is 12.4 Å². The van der Waals surface area contributed by atoms with E-state index in [1.807, 2.05) is 18.2 Å². The molecule has 2 unspecified atom stereocenters. The van der Waals surface area contributed by atoms with Gasteiger partial charge >= 0.3 is 0 Å². The van der Waals surface area contributed by atoms with Crippen LogP contribution in [0.4, 0.5) is 5.82 Å². The summed E-state index contributed by atoms with van der Waals surface area (Å²) in [5.74, 6) is 0.970. The number of primary amides is 1. The predicted molar refractivity (Wildman–Crippen MR) is 112 cm³/mol. The molecule has 2 heterocycles. The number of methoxy groups -OCH3 is 1. The Kier molecular flexibility index (Phi) is 5.54. The van der Waals surface area contributed by atoms with Gasteiger partial charge in [-0.1, -0.05) is 43.2 Å². The number of carbonyl (C=O) groups is 1. The molecular formula is C21H24N4O2S. The van der Waals surface area contributed by atoms with Crippen molar-refractivity contribution in [2.45, 2.75) is 38.3 Å². The monoisotopic (exact) mass is 396 g/mol. The number of benzene rings is 1. The molecule has 146 valence electrons. The number of fused-ring (bicyclic) bond motifs is 1. The van der Waals surface area contributed by atoms with Crippen LogP contribution >= 0.6 is 11.3 Å². The molecule has 1 aromatic carbocycles. The number of amides is 1. The van der Waals surface area contributed by atoms with E-state index in [-0.39, 0.29) is 17.9 Å². The maximum absolute atomic E-state index is 12.0. The molecule has 3 aromatic rings. The summed E-state index contributed by atoms with van der Waals surface area (Å²) in [7, 11) is 1.63. The van der Waals surface area contributed by atoms with E-state index in [2.05, 4.69) is 27.8 Å². The first kappa shape index (κ1) is 18.8. The zero-order valence-corrected chi connectivity index (χ0v) is 16.7. The van der Waals surface area contributed by atoms with E-state index in [0.717, 1.165) is 52.8 Å². The zero-order valence-electron chi connectivity index (χ0n) is 15.9. The zero-order chi connectivity index (χ0) is 19.5. The van der Waals surface area contributed by atoms with E-state index < -0.39 is 0 Å². The molecule has 0 aliphatic heterocycles. The van der Waals surface area contributed by atoms with Crippen molar-refractivity contribution in [1.82, 2.24) is 9.97 Å². The van der Waals surface area contributed by atoms with Crippen molar-refractivity contribution in [1.29, 1.82) is 0 Å². The van der Waals surface area contributed by atoms with Gasteiger partial charge in [0, 0.05) is 24.1 Å². The fourth-order valence-electron chi connectivity index (χ4n) is 3.93. The highest BCUT2D eigenvalue weighted by Gasteiger charge is 2.30. The second-order valence-electron chi connectivity index (χ2n) is 7.16. The maximum Gasteiger partial charge on any atom is 0.222 e. The summed E-state index contributed by atoms with van der Waals surface area (Å²) in [6.07, 6.45) is 3.84. The largest absolute Gasteiger partial charge is 0.377 e. The second-order valence-corrected chi connectivity index (χ2v) is 8.02. The van der Waals surface area contributed by atoms with Gasteiger partial charge in [-0.2, -0.15) is 0 Å². The quantitative estimate of drug-likeness (QED) is 0.658. The SMILES string of the molecule is COCc1nc(NC2CCCCC2C(N)=O)c2c(-c3ccccc3)csc2n1. The minimum absolute atomic E-state index is 0.0109. The van der Waals surface area contributed by atoms with Crippen LogP contribution in [-0.2, 0) is 16.1 Å². The molecule has 1 aliphatic rings. The molecular weight excluding hydrogens is 372 g/mol. The Morgan fingerprint density at radius 1 is 1.25 bits per heavy atom. The van der Waals surface area contributed by atoms with Crippen LogP contribution in [0.1, 0.15) is 31.5 Å². The van der Waals surface area contributed by atoms with Crippen LogP contribution in [-0.4, -0.2) is 29.0 Å². The van der Waals surface area contributed by atoms with Crippen molar-refractivity contribution in [3.63, 3.8) is 0 Å². The number of anilines is 1. The highest BCUT2D eigenvalue weighted by Crippen LogP contribution is 2.38. The topological polar surface area (TPSA) is 90.1 Å². The van der Waals surface area contributed by atoms with Gasteiger partial charge in [0.1, 0.15) is 17.3 Å². The molecule has 2 aromatic heterocycles. The smallest absolute Gasteiger partial charge is 0.222 e. The van der Waals surface area contributed by atoms with Crippen molar-refractivity contribution < 1.29 is 9.53 Å². The number of hydrogen-bond donors (Lipinski definition) is 2. The standard InChI is InChI=1S/C21H24N4O2S/c1-27-11-17-24-20(23-16-10-6-5-9-14(16)19(22)26)18-15(12-28-21(18)25-17)13-7-3-2-4-8-13/h2-4,7-8,12,14,16H,5-6,9-11H2,1H3,(H2,22,26)(H,23,24,25). The van der Waals surface area contributed by atoms with Crippen molar-refractivity contribution in [3.05, 3.63) is 41.5 Å². The van der Waals surface area contributed by atoms with Crippen molar-refractivity contribution in [2.24, 2.45) is 11.7 Å². The van der Waals surface area contributed by atoms with Gasteiger partial charge < -0.3 is 15.8 Å². The van der Waals surface area contributed by atoms with Crippen LogP contribution in [0.15, 0.2) is 35.7 Å². The van der Waals surface area contributed by atoms with Crippen LogP contribution in [0.3, 0.4) is 0 Å². The lowest BCUT2D eigenvalue weighted by atomic mass is 9.84. The first-order valence-electron chi connectivity index (χ1n) is 9.55. The molecule has 3 N–H and O–H groups in total. The molecule has 0 radical (unpaired) electrons. The summed E-state index contributed by atoms with van der Waals surface area (Å²) in [6, 6.07) is 10.2. The number of nitrogens with two attached hydrogens (primary N) is 1. The summed E-state index contributed by atoms with van der Waals surface area (Å²) < 4.78 is 5.25. The van der Waals surface area contributed by atoms with Gasteiger partial charge in [-0.25, -0.2) is 9.97 Å². The minimum Gasteiger partial charge on any atom is -0.377 e. The molecule has 1 saturated carbocycles. The molecule has 2 atom stereocenters. The number of carbonyl (C=O) groups excluding carboxylic acids is 1. The number of aromatic nitrogens is 2. The maximum atomic E-state index is 12.0. The van der Waals surface area contributed by atoms with E-state index in [4.69, 9.17) is 15.5 Å². The van der Waals surface area contributed by atoms with Gasteiger partial charge in [-0.15, -0.1) is 11.3 Å². The van der Waals surface area contributed by atoms with Gasteiger partial charge in [0.25, 0.3) is 0 Å². The highest BCUT2D eigenvalue weighted by molar-refractivity contribution is 7.17. The molecule has 28 heavy (non-hydrogen) atoms. The second kappa shape index (κ2) is 8.24. The third kappa shape index (κ3) is 3.72. The lowest BCUT2D eigenvalue weighted by molar-refractivity contribution is -0.122. The number of ether oxygens (including phenoxy) is 1. The molecule has 6 nitrogen and oxygen atoms in total. The van der Waals surface area contributed by atoms with Crippen LogP contribution in [0.2, 0.25) is 0 Å².